The molecule has 0 aliphatic carbocycles. The van der Waals surface area contributed by atoms with Crippen molar-refractivity contribution in [2.24, 2.45) is 0 Å². The Balaban J connectivity index is 2.24. The second-order valence-electron chi connectivity index (χ2n) is 4.48. The van der Waals surface area contributed by atoms with E-state index in [4.69, 9.17) is 0 Å². The molecule has 0 bridgehead atoms. The molecule has 1 N–H and O–H groups in total. The third kappa shape index (κ3) is 2.77. The summed E-state index contributed by atoms with van der Waals surface area (Å²) >= 11 is 0. The van der Waals surface area contributed by atoms with Crippen molar-refractivity contribution in [3.8, 4) is 0 Å². The van der Waals surface area contributed by atoms with Crippen LogP contribution in [0.3, 0.4) is 0 Å². The lowest BCUT2D eigenvalue weighted by Gasteiger charge is -2.14. The van der Waals surface area contributed by atoms with Crippen molar-refractivity contribution in [1.82, 2.24) is 0 Å². The Bertz CT molecular complexity index is 532. The number of hydrogen-bond acceptors (Lipinski definition) is 1. The normalized spacial score (nSPS) is 12.1. The van der Waals surface area contributed by atoms with Gasteiger partial charge in [-0.15, -0.1) is 0 Å². The molecule has 0 radical (unpaired) electrons. The van der Waals surface area contributed by atoms with Crippen LogP contribution in [0.1, 0.15) is 34.3 Å². The molecular formula is C16H16O2. The van der Waals surface area contributed by atoms with Gasteiger partial charge in [-0.05, 0) is 29.5 Å². The van der Waals surface area contributed by atoms with Gasteiger partial charge in [0.1, 0.15) is 0 Å². The number of carbonyl (C=O) groups is 1. The van der Waals surface area contributed by atoms with Crippen LogP contribution in [0.5, 0.6) is 0 Å². The van der Waals surface area contributed by atoms with Gasteiger partial charge in [-0.2, -0.15) is 0 Å². The molecule has 0 aliphatic heterocycles. The van der Waals surface area contributed by atoms with E-state index in [1.807, 2.05) is 30.3 Å². The molecular weight excluding hydrogens is 224 g/mol. The molecule has 0 heterocycles. The Labute approximate surface area is 107 Å². The summed E-state index contributed by atoms with van der Waals surface area (Å²) in [6.07, 6.45) is 0.852. The Kier molecular flexibility index (Phi) is 3.78. The summed E-state index contributed by atoms with van der Waals surface area (Å²) in [5, 5.41) is 9.18. The minimum absolute atomic E-state index is 0.194. The first-order valence-electron chi connectivity index (χ1n) is 6.04. The van der Waals surface area contributed by atoms with Gasteiger partial charge >= 0.3 is 5.97 Å². The summed E-state index contributed by atoms with van der Waals surface area (Å²) in [5.41, 5.74) is 2.53. The van der Waals surface area contributed by atoms with Gasteiger partial charge in [-0.25, -0.2) is 4.79 Å². The SMILES string of the molecule is CC(Cc1ccccc1)c1ccccc1C(=O)O. The van der Waals surface area contributed by atoms with Crippen molar-refractivity contribution in [3.63, 3.8) is 0 Å². The van der Waals surface area contributed by atoms with Crippen molar-refractivity contribution < 1.29 is 9.90 Å². The van der Waals surface area contributed by atoms with E-state index in [0.717, 1.165) is 12.0 Å². The summed E-state index contributed by atoms with van der Waals surface area (Å²) in [4.78, 5) is 11.2. The molecule has 2 rings (SSSR count). The lowest BCUT2D eigenvalue weighted by atomic mass is 9.90. The highest BCUT2D eigenvalue weighted by atomic mass is 16.4. The number of hydrogen-bond donors (Lipinski definition) is 1. The van der Waals surface area contributed by atoms with Crippen LogP contribution in [0.4, 0.5) is 0 Å². The quantitative estimate of drug-likeness (QED) is 0.884. The lowest BCUT2D eigenvalue weighted by Crippen LogP contribution is -2.07. The number of carboxylic acids is 1. The molecule has 0 aromatic heterocycles. The van der Waals surface area contributed by atoms with Crippen molar-refractivity contribution in [3.05, 3.63) is 71.3 Å². The van der Waals surface area contributed by atoms with E-state index in [0.29, 0.717) is 5.56 Å². The van der Waals surface area contributed by atoms with Gasteiger partial charge in [0, 0.05) is 0 Å². The summed E-state index contributed by atoms with van der Waals surface area (Å²) in [7, 11) is 0. The van der Waals surface area contributed by atoms with Crippen LogP contribution in [0.2, 0.25) is 0 Å². The average Bonchev–Trinajstić information content (AvgIpc) is 2.40. The first-order valence-corrected chi connectivity index (χ1v) is 6.04. The maximum absolute atomic E-state index is 11.2. The standard InChI is InChI=1S/C16H16O2/c1-12(11-13-7-3-2-4-8-13)14-9-5-6-10-15(14)16(17)18/h2-10,12H,11H2,1H3,(H,17,18). The van der Waals surface area contributed by atoms with Crippen molar-refractivity contribution in [2.75, 3.05) is 0 Å². The van der Waals surface area contributed by atoms with Crippen LogP contribution >= 0.6 is 0 Å². The largest absolute Gasteiger partial charge is 0.478 e. The van der Waals surface area contributed by atoms with Crippen LogP contribution < -0.4 is 0 Å². The van der Waals surface area contributed by atoms with E-state index < -0.39 is 5.97 Å². The Hall–Kier alpha value is -2.09. The second-order valence-corrected chi connectivity index (χ2v) is 4.48. The zero-order chi connectivity index (χ0) is 13.0. The fraction of sp³-hybridized carbons (Fsp3) is 0.188. The van der Waals surface area contributed by atoms with E-state index in [-0.39, 0.29) is 5.92 Å². The third-order valence-corrected chi connectivity index (χ3v) is 3.11. The minimum atomic E-state index is -0.856. The highest BCUT2D eigenvalue weighted by Crippen LogP contribution is 2.23. The van der Waals surface area contributed by atoms with E-state index in [1.165, 1.54) is 5.56 Å². The lowest BCUT2D eigenvalue weighted by molar-refractivity contribution is 0.0695. The minimum Gasteiger partial charge on any atom is -0.478 e. The maximum atomic E-state index is 11.2. The molecule has 0 saturated carbocycles. The molecule has 1 unspecified atom stereocenters. The molecule has 2 aromatic carbocycles. The van der Waals surface area contributed by atoms with Crippen molar-refractivity contribution >= 4 is 5.97 Å². The molecule has 0 fully saturated rings. The van der Waals surface area contributed by atoms with Gasteiger partial charge in [0.2, 0.25) is 0 Å². The van der Waals surface area contributed by atoms with Gasteiger partial charge in [0.05, 0.1) is 5.56 Å². The number of benzene rings is 2. The Morgan fingerprint density at radius 3 is 2.33 bits per heavy atom. The monoisotopic (exact) mass is 240 g/mol. The van der Waals surface area contributed by atoms with Crippen LogP contribution in [-0.4, -0.2) is 11.1 Å². The average molecular weight is 240 g/mol. The molecule has 0 spiro atoms. The zero-order valence-corrected chi connectivity index (χ0v) is 10.3. The van der Waals surface area contributed by atoms with Gasteiger partial charge in [0.25, 0.3) is 0 Å². The maximum Gasteiger partial charge on any atom is 0.335 e. The summed E-state index contributed by atoms with van der Waals surface area (Å²) in [6, 6.07) is 17.4. The first kappa shape index (κ1) is 12.4. The Morgan fingerprint density at radius 1 is 1.06 bits per heavy atom. The molecule has 0 saturated heterocycles. The van der Waals surface area contributed by atoms with Crippen molar-refractivity contribution in [2.45, 2.75) is 19.3 Å². The molecule has 2 nitrogen and oxygen atoms in total. The van der Waals surface area contributed by atoms with Gasteiger partial charge in [-0.3, -0.25) is 0 Å². The highest BCUT2D eigenvalue weighted by molar-refractivity contribution is 5.89. The molecule has 92 valence electrons. The Morgan fingerprint density at radius 2 is 1.67 bits per heavy atom. The molecule has 1 atom stereocenters. The fourth-order valence-electron chi connectivity index (χ4n) is 2.20. The topological polar surface area (TPSA) is 37.3 Å². The first-order chi connectivity index (χ1) is 8.68. The third-order valence-electron chi connectivity index (χ3n) is 3.11. The van der Waals surface area contributed by atoms with E-state index in [9.17, 15) is 9.90 Å². The highest BCUT2D eigenvalue weighted by Gasteiger charge is 2.14. The van der Waals surface area contributed by atoms with E-state index >= 15 is 0 Å². The fourth-order valence-corrected chi connectivity index (χ4v) is 2.20. The predicted molar refractivity (Wildman–Crippen MR) is 72.0 cm³/mol. The van der Waals surface area contributed by atoms with Gasteiger partial charge in [0.15, 0.2) is 0 Å². The van der Waals surface area contributed by atoms with Crippen LogP contribution in [-0.2, 0) is 6.42 Å². The van der Waals surface area contributed by atoms with Crippen LogP contribution in [0, 0.1) is 0 Å². The van der Waals surface area contributed by atoms with Crippen LogP contribution in [0.15, 0.2) is 54.6 Å². The van der Waals surface area contributed by atoms with E-state index in [1.54, 1.807) is 12.1 Å². The molecule has 2 aromatic rings. The predicted octanol–water partition coefficient (Wildman–Crippen LogP) is 3.73. The number of aromatic carboxylic acids is 1. The van der Waals surface area contributed by atoms with Crippen LogP contribution in [0.25, 0.3) is 0 Å². The van der Waals surface area contributed by atoms with Gasteiger partial charge < -0.3 is 5.11 Å². The molecule has 0 aliphatic rings. The summed E-state index contributed by atoms with van der Waals surface area (Å²) < 4.78 is 0. The summed E-state index contributed by atoms with van der Waals surface area (Å²) in [6.45, 7) is 2.06. The molecule has 0 amide bonds. The number of carboxylic acid groups (broad SMARTS) is 1. The smallest absolute Gasteiger partial charge is 0.335 e. The molecule has 2 heteroatoms. The van der Waals surface area contributed by atoms with E-state index in [2.05, 4.69) is 19.1 Å². The second kappa shape index (κ2) is 5.50. The van der Waals surface area contributed by atoms with Gasteiger partial charge in [-0.1, -0.05) is 55.5 Å². The zero-order valence-electron chi connectivity index (χ0n) is 10.3. The number of rotatable bonds is 4. The summed E-state index contributed by atoms with van der Waals surface area (Å²) in [5.74, 6) is -0.662. The molecule has 18 heavy (non-hydrogen) atoms. The van der Waals surface area contributed by atoms with Crippen molar-refractivity contribution in [1.29, 1.82) is 0 Å².